The van der Waals surface area contributed by atoms with Crippen molar-refractivity contribution in [3.63, 3.8) is 0 Å². The van der Waals surface area contributed by atoms with Gasteiger partial charge in [0.2, 0.25) is 0 Å². The molecular weight excluding hydrogens is 302 g/mol. The largest absolute Gasteiger partial charge is 0.444 e. The Morgan fingerprint density at radius 1 is 1.33 bits per heavy atom. The van der Waals surface area contributed by atoms with E-state index in [1.165, 1.54) is 25.1 Å². The SMILES string of the molecule is CC(C)(C)OC(=O)Nc1ccc(Cl)c(C(C)(N)C(F)F)c1. The van der Waals surface area contributed by atoms with Crippen LogP contribution in [-0.2, 0) is 10.3 Å². The van der Waals surface area contributed by atoms with Gasteiger partial charge in [0.1, 0.15) is 11.1 Å². The highest BCUT2D eigenvalue weighted by Gasteiger charge is 2.34. The summed E-state index contributed by atoms with van der Waals surface area (Å²) in [6.45, 7) is 6.32. The zero-order valence-electron chi connectivity index (χ0n) is 12.3. The Labute approximate surface area is 127 Å². The Hall–Kier alpha value is -1.40. The van der Waals surface area contributed by atoms with Crippen molar-refractivity contribution < 1.29 is 18.3 Å². The van der Waals surface area contributed by atoms with Crippen LogP contribution in [0.4, 0.5) is 19.3 Å². The van der Waals surface area contributed by atoms with E-state index in [9.17, 15) is 13.6 Å². The van der Waals surface area contributed by atoms with Crippen LogP contribution in [0, 0.1) is 0 Å². The Morgan fingerprint density at radius 2 is 1.90 bits per heavy atom. The monoisotopic (exact) mass is 320 g/mol. The lowest BCUT2D eigenvalue weighted by atomic mass is 9.93. The summed E-state index contributed by atoms with van der Waals surface area (Å²) in [4.78, 5) is 11.7. The maximum Gasteiger partial charge on any atom is 0.412 e. The van der Waals surface area contributed by atoms with Crippen molar-refractivity contribution >= 4 is 23.4 Å². The number of carbonyl (C=O) groups excluding carboxylic acids is 1. The minimum atomic E-state index is -2.80. The van der Waals surface area contributed by atoms with Crippen molar-refractivity contribution in [2.24, 2.45) is 5.73 Å². The fraction of sp³-hybridized carbons (Fsp3) is 0.500. The minimum absolute atomic E-state index is 0.0488. The molecule has 0 radical (unpaired) electrons. The van der Waals surface area contributed by atoms with Gasteiger partial charge >= 0.3 is 6.09 Å². The van der Waals surface area contributed by atoms with Gasteiger partial charge in [-0.1, -0.05) is 11.6 Å². The van der Waals surface area contributed by atoms with Crippen LogP contribution in [0.2, 0.25) is 5.02 Å². The van der Waals surface area contributed by atoms with Gasteiger partial charge in [-0.3, -0.25) is 5.32 Å². The van der Waals surface area contributed by atoms with E-state index in [0.29, 0.717) is 0 Å². The first-order valence-corrected chi connectivity index (χ1v) is 6.68. The van der Waals surface area contributed by atoms with Gasteiger partial charge < -0.3 is 10.5 Å². The molecule has 1 atom stereocenters. The summed E-state index contributed by atoms with van der Waals surface area (Å²) in [5.41, 5.74) is 3.36. The molecule has 0 saturated carbocycles. The van der Waals surface area contributed by atoms with Crippen LogP contribution in [0.25, 0.3) is 0 Å². The van der Waals surface area contributed by atoms with Crippen molar-refractivity contribution in [3.8, 4) is 0 Å². The Bertz CT molecular complexity index is 528. The van der Waals surface area contributed by atoms with Crippen LogP contribution in [0.1, 0.15) is 33.3 Å². The number of benzene rings is 1. The fourth-order valence-corrected chi connectivity index (χ4v) is 1.88. The summed E-state index contributed by atoms with van der Waals surface area (Å²) < 4.78 is 31.1. The summed E-state index contributed by atoms with van der Waals surface area (Å²) in [6.07, 6.45) is -3.49. The zero-order valence-corrected chi connectivity index (χ0v) is 13.1. The lowest BCUT2D eigenvalue weighted by Crippen LogP contribution is -2.41. The molecule has 0 fully saturated rings. The topological polar surface area (TPSA) is 64.3 Å². The average molecular weight is 321 g/mol. The van der Waals surface area contributed by atoms with Crippen molar-refractivity contribution in [1.82, 2.24) is 0 Å². The number of anilines is 1. The number of ether oxygens (including phenoxy) is 1. The first-order valence-electron chi connectivity index (χ1n) is 6.30. The molecule has 0 aromatic heterocycles. The third-order valence-corrected chi connectivity index (χ3v) is 2.97. The summed E-state index contributed by atoms with van der Waals surface area (Å²) in [7, 11) is 0. The van der Waals surface area contributed by atoms with E-state index < -0.39 is 23.7 Å². The summed E-state index contributed by atoms with van der Waals surface area (Å²) >= 11 is 5.91. The molecule has 0 bridgehead atoms. The highest BCUT2D eigenvalue weighted by Crippen LogP contribution is 2.33. The molecule has 7 heteroatoms. The molecule has 0 saturated heterocycles. The molecule has 0 aliphatic carbocycles. The quantitative estimate of drug-likeness (QED) is 0.880. The van der Waals surface area contributed by atoms with Crippen molar-refractivity contribution in [3.05, 3.63) is 28.8 Å². The molecule has 21 heavy (non-hydrogen) atoms. The van der Waals surface area contributed by atoms with E-state index in [1.807, 2.05) is 0 Å². The number of carbonyl (C=O) groups is 1. The van der Waals surface area contributed by atoms with Gasteiger partial charge in [-0.15, -0.1) is 0 Å². The third-order valence-electron chi connectivity index (χ3n) is 2.65. The smallest absolute Gasteiger partial charge is 0.412 e. The second kappa shape index (κ2) is 6.15. The van der Waals surface area contributed by atoms with E-state index >= 15 is 0 Å². The average Bonchev–Trinajstić information content (AvgIpc) is 2.28. The molecule has 0 spiro atoms. The van der Waals surface area contributed by atoms with E-state index in [1.54, 1.807) is 20.8 Å². The van der Waals surface area contributed by atoms with Crippen LogP contribution >= 0.6 is 11.6 Å². The highest BCUT2D eigenvalue weighted by atomic mass is 35.5. The molecule has 1 rings (SSSR count). The Morgan fingerprint density at radius 3 is 2.38 bits per heavy atom. The number of nitrogens with two attached hydrogens (primary N) is 1. The van der Waals surface area contributed by atoms with Crippen molar-refractivity contribution in [2.45, 2.75) is 45.3 Å². The van der Waals surface area contributed by atoms with Gasteiger partial charge in [0, 0.05) is 10.7 Å². The maximum atomic E-state index is 13.0. The normalized spacial score (nSPS) is 14.7. The van der Waals surface area contributed by atoms with E-state index in [2.05, 4.69) is 5.32 Å². The third kappa shape index (κ3) is 4.82. The predicted octanol–water partition coefficient (Wildman–Crippen LogP) is 4.13. The summed E-state index contributed by atoms with van der Waals surface area (Å²) in [5, 5.41) is 2.56. The van der Waals surface area contributed by atoms with Crippen LogP contribution in [-0.4, -0.2) is 18.1 Å². The predicted molar refractivity (Wildman–Crippen MR) is 78.9 cm³/mol. The number of hydrogen-bond donors (Lipinski definition) is 2. The molecule has 1 amide bonds. The Kier molecular flexibility index (Phi) is 5.17. The number of nitrogens with one attached hydrogen (secondary N) is 1. The molecule has 4 nitrogen and oxygen atoms in total. The van der Waals surface area contributed by atoms with Gasteiger partial charge in [-0.25, -0.2) is 13.6 Å². The number of alkyl halides is 2. The molecule has 1 unspecified atom stereocenters. The van der Waals surface area contributed by atoms with Gasteiger partial charge in [0.15, 0.2) is 0 Å². The first-order chi connectivity index (χ1) is 9.43. The number of amides is 1. The molecule has 3 N–H and O–H groups in total. The number of rotatable bonds is 3. The van der Waals surface area contributed by atoms with Crippen LogP contribution in [0.3, 0.4) is 0 Å². The second-order valence-electron chi connectivity index (χ2n) is 5.90. The molecule has 118 valence electrons. The van der Waals surface area contributed by atoms with Crippen LogP contribution in [0.5, 0.6) is 0 Å². The molecule has 0 aliphatic rings. The summed E-state index contributed by atoms with van der Waals surface area (Å²) in [6, 6.07) is 4.20. The first kappa shape index (κ1) is 17.7. The molecule has 1 aromatic rings. The van der Waals surface area contributed by atoms with Gasteiger partial charge in [0.05, 0.1) is 0 Å². The van der Waals surface area contributed by atoms with Gasteiger partial charge in [-0.2, -0.15) is 0 Å². The minimum Gasteiger partial charge on any atom is -0.444 e. The van der Waals surface area contributed by atoms with Crippen LogP contribution < -0.4 is 11.1 Å². The zero-order chi connectivity index (χ0) is 16.4. The van der Waals surface area contributed by atoms with E-state index in [-0.39, 0.29) is 16.3 Å². The summed E-state index contributed by atoms with van der Waals surface area (Å²) in [5.74, 6) is 0. The fourth-order valence-electron chi connectivity index (χ4n) is 1.55. The maximum absolute atomic E-state index is 13.0. The van der Waals surface area contributed by atoms with Crippen molar-refractivity contribution in [2.75, 3.05) is 5.32 Å². The standard InChI is InChI=1S/C14H19ClF2N2O2/c1-13(2,3)21-12(20)19-8-5-6-10(15)9(7-8)14(4,18)11(16)17/h5-7,11H,18H2,1-4H3,(H,19,20). The van der Waals surface area contributed by atoms with Crippen LogP contribution in [0.15, 0.2) is 18.2 Å². The molecule has 0 aliphatic heterocycles. The van der Waals surface area contributed by atoms with E-state index in [4.69, 9.17) is 22.1 Å². The lowest BCUT2D eigenvalue weighted by molar-refractivity contribution is 0.0626. The second-order valence-corrected chi connectivity index (χ2v) is 6.31. The van der Waals surface area contributed by atoms with Gasteiger partial charge in [-0.05, 0) is 51.5 Å². The Balaban J connectivity index is 3.00. The lowest BCUT2D eigenvalue weighted by Gasteiger charge is -2.26. The number of hydrogen-bond acceptors (Lipinski definition) is 3. The molecule has 1 aromatic carbocycles. The van der Waals surface area contributed by atoms with Gasteiger partial charge in [0.25, 0.3) is 6.43 Å². The molecular formula is C14H19ClF2N2O2. The van der Waals surface area contributed by atoms with Crippen molar-refractivity contribution in [1.29, 1.82) is 0 Å². The highest BCUT2D eigenvalue weighted by molar-refractivity contribution is 6.31. The van der Waals surface area contributed by atoms with E-state index in [0.717, 1.165) is 0 Å². The molecule has 0 heterocycles. The number of halogens is 3.